The first kappa shape index (κ1) is 15.0. The standard InChI is InChI=1S/C15H26N4O/c1-5-9-20-14-10-11(2)16-15(17-14)18-19-12(3)7-6-8-13(19)4/h10,12-13H,5-9H2,1-4H3,(H,16,17,18). The van der Waals surface area contributed by atoms with Crippen LogP contribution < -0.4 is 10.2 Å². The molecular formula is C15H26N4O. The average molecular weight is 278 g/mol. The third-order valence-corrected chi connectivity index (χ3v) is 3.71. The molecule has 2 rings (SSSR count). The number of nitrogens with zero attached hydrogens (tertiary/aromatic N) is 3. The largest absolute Gasteiger partial charge is 0.478 e. The van der Waals surface area contributed by atoms with Gasteiger partial charge in [-0.25, -0.2) is 9.99 Å². The number of aryl methyl sites for hydroxylation is 1. The molecule has 0 saturated carbocycles. The van der Waals surface area contributed by atoms with Gasteiger partial charge in [0.25, 0.3) is 0 Å². The highest BCUT2D eigenvalue weighted by Crippen LogP contribution is 2.23. The molecule has 0 radical (unpaired) electrons. The zero-order valence-electron chi connectivity index (χ0n) is 13.0. The summed E-state index contributed by atoms with van der Waals surface area (Å²) in [5.41, 5.74) is 4.29. The van der Waals surface area contributed by atoms with Crippen molar-refractivity contribution in [1.29, 1.82) is 0 Å². The van der Waals surface area contributed by atoms with Gasteiger partial charge in [0.05, 0.1) is 6.61 Å². The second-order valence-corrected chi connectivity index (χ2v) is 5.67. The second kappa shape index (κ2) is 6.88. The van der Waals surface area contributed by atoms with E-state index in [0.717, 1.165) is 12.1 Å². The van der Waals surface area contributed by atoms with E-state index in [4.69, 9.17) is 4.74 Å². The Labute approximate surface area is 121 Å². The average Bonchev–Trinajstić information content (AvgIpc) is 2.40. The number of nitrogens with one attached hydrogen (secondary N) is 1. The smallest absolute Gasteiger partial charge is 0.241 e. The molecule has 1 aromatic heterocycles. The Balaban J connectivity index is 2.09. The van der Waals surface area contributed by atoms with E-state index in [1.807, 2.05) is 13.0 Å². The summed E-state index contributed by atoms with van der Waals surface area (Å²) in [6, 6.07) is 2.88. The van der Waals surface area contributed by atoms with Crippen molar-refractivity contribution in [2.24, 2.45) is 0 Å². The Kier molecular flexibility index (Phi) is 5.17. The van der Waals surface area contributed by atoms with Gasteiger partial charge in [0, 0.05) is 23.8 Å². The van der Waals surface area contributed by atoms with Crippen molar-refractivity contribution in [2.75, 3.05) is 12.0 Å². The highest BCUT2D eigenvalue weighted by molar-refractivity contribution is 5.30. The fraction of sp³-hybridized carbons (Fsp3) is 0.733. The normalized spacial score (nSPS) is 23.6. The molecule has 20 heavy (non-hydrogen) atoms. The Hall–Kier alpha value is -1.36. The summed E-state index contributed by atoms with van der Waals surface area (Å²) in [6.45, 7) is 9.23. The minimum atomic E-state index is 0.503. The van der Waals surface area contributed by atoms with Crippen molar-refractivity contribution in [3.63, 3.8) is 0 Å². The molecule has 0 bridgehead atoms. The molecule has 2 atom stereocenters. The molecule has 1 aromatic rings. The highest BCUT2D eigenvalue weighted by Gasteiger charge is 2.25. The van der Waals surface area contributed by atoms with Crippen LogP contribution in [0.1, 0.15) is 52.1 Å². The maximum atomic E-state index is 5.61. The lowest BCUT2D eigenvalue weighted by atomic mass is 10.00. The van der Waals surface area contributed by atoms with Crippen LogP contribution in [-0.2, 0) is 0 Å². The summed E-state index contributed by atoms with van der Waals surface area (Å²) in [6.07, 6.45) is 4.69. The number of piperidine rings is 1. The number of aromatic nitrogens is 2. The maximum Gasteiger partial charge on any atom is 0.241 e. The Morgan fingerprint density at radius 2 is 2.00 bits per heavy atom. The van der Waals surface area contributed by atoms with Crippen molar-refractivity contribution >= 4 is 5.95 Å². The van der Waals surface area contributed by atoms with E-state index in [1.165, 1.54) is 19.3 Å². The first-order valence-electron chi connectivity index (χ1n) is 7.63. The Bertz CT molecular complexity index is 428. The van der Waals surface area contributed by atoms with E-state index in [1.54, 1.807) is 0 Å². The molecule has 0 aromatic carbocycles. The lowest BCUT2D eigenvalue weighted by molar-refractivity contribution is 0.134. The maximum absolute atomic E-state index is 5.61. The van der Waals surface area contributed by atoms with Crippen LogP contribution >= 0.6 is 0 Å². The van der Waals surface area contributed by atoms with Crippen LogP contribution in [-0.4, -0.2) is 33.7 Å². The van der Waals surface area contributed by atoms with Crippen LogP contribution in [0.5, 0.6) is 5.88 Å². The molecule has 1 fully saturated rings. The van der Waals surface area contributed by atoms with Gasteiger partial charge in [-0.3, -0.25) is 5.43 Å². The molecule has 0 amide bonds. The van der Waals surface area contributed by atoms with Crippen LogP contribution in [0.25, 0.3) is 0 Å². The second-order valence-electron chi connectivity index (χ2n) is 5.67. The predicted molar refractivity (Wildman–Crippen MR) is 80.8 cm³/mol. The van der Waals surface area contributed by atoms with Crippen LogP contribution in [0.4, 0.5) is 5.95 Å². The summed E-state index contributed by atoms with van der Waals surface area (Å²) in [7, 11) is 0. The molecule has 2 unspecified atom stereocenters. The SMILES string of the molecule is CCCOc1cc(C)nc(NN2C(C)CCCC2C)n1. The first-order valence-corrected chi connectivity index (χ1v) is 7.63. The van der Waals surface area contributed by atoms with Crippen molar-refractivity contribution < 1.29 is 4.74 Å². The fourth-order valence-corrected chi connectivity index (χ4v) is 2.63. The van der Waals surface area contributed by atoms with Gasteiger partial charge in [-0.1, -0.05) is 13.3 Å². The molecule has 1 saturated heterocycles. The van der Waals surface area contributed by atoms with Crippen molar-refractivity contribution in [1.82, 2.24) is 15.0 Å². The summed E-state index contributed by atoms with van der Waals surface area (Å²) < 4.78 is 5.61. The minimum Gasteiger partial charge on any atom is -0.478 e. The van der Waals surface area contributed by atoms with Crippen molar-refractivity contribution in [2.45, 2.75) is 65.5 Å². The van der Waals surface area contributed by atoms with Crippen LogP contribution in [0.3, 0.4) is 0 Å². The predicted octanol–water partition coefficient (Wildman–Crippen LogP) is 3.16. The quantitative estimate of drug-likeness (QED) is 0.896. The van der Waals surface area contributed by atoms with E-state index in [9.17, 15) is 0 Å². The van der Waals surface area contributed by atoms with Crippen molar-refractivity contribution in [3.05, 3.63) is 11.8 Å². The fourth-order valence-electron chi connectivity index (χ4n) is 2.63. The third kappa shape index (κ3) is 3.82. The van der Waals surface area contributed by atoms with Crippen LogP contribution in [0.15, 0.2) is 6.07 Å². The summed E-state index contributed by atoms with van der Waals surface area (Å²) >= 11 is 0. The van der Waals surface area contributed by atoms with Gasteiger partial charge in [0.1, 0.15) is 0 Å². The molecule has 1 aliphatic heterocycles. The van der Waals surface area contributed by atoms with Crippen molar-refractivity contribution in [3.8, 4) is 5.88 Å². The Morgan fingerprint density at radius 3 is 2.65 bits per heavy atom. The molecule has 5 heteroatoms. The third-order valence-electron chi connectivity index (χ3n) is 3.71. The van der Waals surface area contributed by atoms with E-state index in [0.29, 0.717) is 30.5 Å². The number of anilines is 1. The lowest BCUT2D eigenvalue weighted by Gasteiger charge is -2.38. The molecule has 112 valence electrons. The number of hydrogen-bond acceptors (Lipinski definition) is 5. The summed E-state index contributed by atoms with van der Waals surface area (Å²) in [5, 5.41) is 2.27. The molecular weight excluding hydrogens is 252 g/mol. The molecule has 0 spiro atoms. The minimum absolute atomic E-state index is 0.503. The van der Waals surface area contributed by atoms with E-state index < -0.39 is 0 Å². The molecule has 0 aliphatic carbocycles. The van der Waals surface area contributed by atoms with Crippen LogP contribution in [0, 0.1) is 6.92 Å². The summed E-state index contributed by atoms with van der Waals surface area (Å²) in [4.78, 5) is 8.91. The zero-order chi connectivity index (χ0) is 14.5. The van der Waals surface area contributed by atoms with Gasteiger partial charge >= 0.3 is 0 Å². The van der Waals surface area contributed by atoms with E-state index in [2.05, 4.69) is 41.2 Å². The Morgan fingerprint density at radius 1 is 1.30 bits per heavy atom. The lowest BCUT2D eigenvalue weighted by Crippen LogP contribution is -2.47. The van der Waals surface area contributed by atoms with E-state index >= 15 is 0 Å². The molecule has 1 N–H and O–H groups in total. The highest BCUT2D eigenvalue weighted by atomic mass is 16.5. The van der Waals surface area contributed by atoms with Crippen LogP contribution in [0.2, 0.25) is 0 Å². The van der Waals surface area contributed by atoms with Gasteiger partial charge in [-0.05, 0) is 40.0 Å². The number of rotatable bonds is 5. The monoisotopic (exact) mass is 278 g/mol. The number of ether oxygens (including phenoxy) is 1. The molecule has 2 heterocycles. The first-order chi connectivity index (χ1) is 9.60. The number of hydrazine groups is 1. The van der Waals surface area contributed by atoms with Gasteiger partial charge in [-0.15, -0.1) is 0 Å². The van der Waals surface area contributed by atoms with E-state index in [-0.39, 0.29) is 0 Å². The van der Waals surface area contributed by atoms with Gasteiger partial charge in [-0.2, -0.15) is 4.98 Å². The molecule has 1 aliphatic rings. The summed E-state index contributed by atoms with van der Waals surface area (Å²) in [5.74, 6) is 1.29. The van der Waals surface area contributed by atoms with Gasteiger partial charge < -0.3 is 4.74 Å². The molecule has 5 nitrogen and oxygen atoms in total. The zero-order valence-corrected chi connectivity index (χ0v) is 13.0. The van der Waals surface area contributed by atoms with Gasteiger partial charge in [0.15, 0.2) is 0 Å². The topological polar surface area (TPSA) is 50.3 Å². The van der Waals surface area contributed by atoms with Gasteiger partial charge in [0.2, 0.25) is 11.8 Å². The number of hydrogen-bond donors (Lipinski definition) is 1.